The number of rotatable bonds is 4. The van der Waals surface area contributed by atoms with E-state index >= 15 is 0 Å². The fraction of sp³-hybridized carbons (Fsp3) is 0.500. The van der Waals surface area contributed by atoms with Gasteiger partial charge < -0.3 is 9.67 Å². The van der Waals surface area contributed by atoms with Gasteiger partial charge in [0.1, 0.15) is 5.82 Å². The van der Waals surface area contributed by atoms with Gasteiger partial charge in [0, 0.05) is 6.04 Å². The molecule has 0 atom stereocenters. The molecule has 5 nitrogen and oxygen atoms in total. The van der Waals surface area contributed by atoms with Gasteiger partial charge >= 0.3 is 0 Å². The van der Waals surface area contributed by atoms with Crippen LogP contribution < -0.4 is 5.32 Å². The zero-order chi connectivity index (χ0) is 16.8. The average Bonchev–Trinajstić information content (AvgIpc) is 2.69. The van der Waals surface area contributed by atoms with Crippen molar-refractivity contribution in [3.63, 3.8) is 0 Å². The lowest BCUT2D eigenvalue weighted by molar-refractivity contribution is -0.119. The Morgan fingerprint density at radius 1 is 1.52 bits per heavy atom. The Bertz CT molecular complexity index is 763. The van der Waals surface area contributed by atoms with Crippen molar-refractivity contribution in [1.82, 2.24) is 9.55 Å². The Morgan fingerprint density at radius 3 is 2.78 bits per heavy atom. The Labute approximate surface area is 142 Å². The van der Waals surface area contributed by atoms with Crippen LogP contribution in [0, 0.1) is 5.82 Å². The molecule has 0 bridgehead atoms. The maximum atomic E-state index is 13.9. The quantitative estimate of drug-likeness (QED) is 0.844. The number of amides is 1. The highest BCUT2D eigenvalue weighted by Crippen LogP contribution is 2.40. The molecule has 2 aromatic rings. The first kappa shape index (κ1) is 16.4. The molecular formula is C16H19BrFN3O2. The molecule has 0 radical (unpaired) electrons. The van der Waals surface area contributed by atoms with Crippen molar-refractivity contribution in [1.29, 1.82) is 0 Å². The van der Waals surface area contributed by atoms with Crippen LogP contribution in [0.25, 0.3) is 11.0 Å². The third-order valence-corrected chi connectivity index (χ3v) is 4.78. The minimum Gasteiger partial charge on any atom is -0.390 e. The first-order valence-corrected chi connectivity index (χ1v) is 8.44. The van der Waals surface area contributed by atoms with Crippen LogP contribution in [0.5, 0.6) is 0 Å². The molecule has 1 aromatic carbocycles. The summed E-state index contributed by atoms with van der Waals surface area (Å²) in [6, 6.07) is 3.17. The summed E-state index contributed by atoms with van der Waals surface area (Å²) < 4.78 is 16.2. The second-order valence-corrected chi connectivity index (χ2v) is 7.45. The molecule has 1 aliphatic rings. The van der Waals surface area contributed by atoms with Crippen LogP contribution in [0.4, 0.5) is 10.3 Å². The summed E-state index contributed by atoms with van der Waals surface area (Å²) in [5, 5.41) is 12.5. The number of benzene rings is 1. The highest BCUT2D eigenvalue weighted by molar-refractivity contribution is 9.10. The molecule has 0 unspecified atom stereocenters. The number of carbonyl (C=O) groups excluding carboxylic acids is 1. The predicted octanol–water partition coefficient (Wildman–Crippen LogP) is 3.76. The zero-order valence-corrected chi connectivity index (χ0v) is 14.7. The molecule has 1 aromatic heterocycles. The van der Waals surface area contributed by atoms with Crippen molar-refractivity contribution in [3.8, 4) is 0 Å². The summed E-state index contributed by atoms with van der Waals surface area (Å²) in [6.07, 6.45) is 3.02. The number of nitrogens with zero attached hydrogens (tertiary/aromatic N) is 2. The highest BCUT2D eigenvalue weighted by atomic mass is 79.9. The molecule has 1 saturated carbocycles. The van der Waals surface area contributed by atoms with E-state index in [4.69, 9.17) is 0 Å². The molecule has 0 saturated heterocycles. The third kappa shape index (κ3) is 3.26. The van der Waals surface area contributed by atoms with Crippen molar-refractivity contribution in [2.24, 2.45) is 0 Å². The van der Waals surface area contributed by atoms with Gasteiger partial charge in [0.15, 0.2) is 0 Å². The molecule has 23 heavy (non-hydrogen) atoms. The van der Waals surface area contributed by atoms with E-state index in [-0.39, 0.29) is 24.2 Å². The Kier molecular flexibility index (Phi) is 4.18. The van der Waals surface area contributed by atoms with Gasteiger partial charge in [-0.15, -0.1) is 0 Å². The second kappa shape index (κ2) is 5.87. The van der Waals surface area contributed by atoms with E-state index in [1.165, 1.54) is 6.07 Å². The van der Waals surface area contributed by atoms with Gasteiger partial charge in [-0.25, -0.2) is 9.37 Å². The minimum atomic E-state index is -1.09. The number of imidazole rings is 1. The second-order valence-electron chi connectivity index (χ2n) is 6.66. The van der Waals surface area contributed by atoms with Crippen LogP contribution >= 0.6 is 15.9 Å². The molecule has 1 fully saturated rings. The van der Waals surface area contributed by atoms with Crippen LogP contribution in [0.1, 0.15) is 45.6 Å². The molecule has 2 N–H and O–H groups in total. The number of hydrogen-bond donors (Lipinski definition) is 2. The monoisotopic (exact) mass is 383 g/mol. The van der Waals surface area contributed by atoms with Gasteiger partial charge in [-0.05, 0) is 61.2 Å². The molecule has 3 rings (SSSR count). The summed E-state index contributed by atoms with van der Waals surface area (Å²) in [6.45, 7) is 3.15. The van der Waals surface area contributed by atoms with E-state index in [0.717, 1.165) is 19.3 Å². The smallest absolute Gasteiger partial charge is 0.229 e. The summed E-state index contributed by atoms with van der Waals surface area (Å²) in [5.41, 5.74) is 0.196. The summed E-state index contributed by atoms with van der Waals surface area (Å²) >= 11 is 3.29. The van der Waals surface area contributed by atoms with E-state index in [1.807, 2.05) is 4.57 Å². The van der Waals surface area contributed by atoms with E-state index in [2.05, 4.69) is 26.2 Å². The lowest BCUT2D eigenvalue weighted by atomic mass is 9.93. The van der Waals surface area contributed by atoms with Crippen molar-refractivity contribution < 1.29 is 14.3 Å². The molecule has 124 valence electrons. The molecule has 1 heterocycles. The van der Waals surface area contributed by atoms with E-state index in [1.54, 1.807) is 19.9 Å². The highest BCUT2D eigenvalue weighted by Gasteiger charge is 2.28. The molecule has 0 spiro atoms. The van der Waals surface area contributed by atoms with E-state index in [9.17, 15) is 14.3 Å². The molecule has 7 heteroatoms. The summed E-state index contributed by atoms with van der Waals surface area (Å²) in [5.74, 6) is -0.262. The Balaban J connectivity index is 2.02. The maximum absolute atomic E-state index is 13.9. The summed E-state index contributed by atoms with van der Waals surface area (Å²) in [7, 11) is 0. The topological polar surface area (TPSA) is 67.2 Å². The summed E-state index contributed by atoms with van der Waals surface area (Å²) in [4.78, 5) is 16.6. The number of aromatic nitrogens is 2. The number of nitrogens with one attached hydrogen (secondary N) is 1. The average molecular weight is 384 g/mol. The number of halogens is 2. The first-order valence-electron chi connectivity index (χ1n) is 7.64. The van der Waals surface area contributed by atoms with Gasteiger partial charge in [0.25, 0.3) is 0 Å². The van der Waals surface area contributed by atoms with Gasteiger partial charge in [0.2, 0.25) is 11.9 Å². The lowest BCUT2D eigenvalue weighted by Gasteiger charge is -2.29. The lowest BCUT2D eigenvalue weighted by Crippen LogP contribution is -2.29. The van der Waals surface area contributed by atoms with Crippen LogP contribution in [-0.2, 0) is 4.79 Å². The Hall–Kier alpha value is -1.47. The van der Waals surface area contributed by atoms with Crippen LogP contribution in [-0.4, -0.2) is 26.2 Å². The Morgan fingerprint density at radius 2 is 2.22 bits per heavy atom. The molecule has 0 aliphatic heterocycles. The van der Waals surface area contributed by atoms with E-state index < -0.39 is 5.60 Å². The third-order valence-electron chi connectivity index (χ3n) is 4.03. The van der Waals surface area contributed by atoms with Gasteiger partial charge in [0.05, 0.1) is 27.5 Å². The first-order chi connectivity index (χ1) is 10.8. The van der Waals surface area contributed by atoms with Crippen LogP contribution in [0.2, 0.25) is 0 Å². The van der Waals surface area contributed by atoms with Gasteiger partial charge in [-0.3, -0.25) is 10.1 Å². The van der Waals surface area contributed by atoms with Crippen molar-refractivity contribution in [2.45, 2.75) is 51.2 Å². The van der Waals surface area contributed by atoms with E-state index in [0.29, 0.717) is 21.5 Å². The van der Waals surface area contributed by atoms with Crippen molar-refractivity contribution in [2.75, 3.05) is 5.32 Å². The molecular weight excluding hydrogens is 365 g/mol. The molecule has 1 aliphatic carbocycles. The fourth-order valence-corrected chi connectivity index (χ4v) is 3.30. The molecule has 1 amide bonds. The number of hydrogen-bond acceptors (Lipinski definition) is 3. The van der Waals surface area contributed by atoms with Crippen molar-refractivity contribution in [3.05, 3.63) is 22.4 Å². The normalized spacial score (nSPS) is 15.7. The number of anilines is 1. The number of carbonyl (C=O) groups is 1. The minimum absolute atomic E-state index is 0.0313. The predicted molar refractivity (Wildman–Crippen MR) is 89.8 cm³/mol. The van der Waals surface area contributed by atoms with Crippen LogP contribution in [0.15, 0.2) is 16.6 Å². The largest absolute Gasteiger partial charge is 0.390 e. The number of aliphatic hydroxyl groups is 1. The fourth-order valence-electron chi connectivity index (χ4n) is 2.77. The SMILES string of the molecule is CC(C)(O)CC(=O)Nc1nc2ccc(F)c(Br)c2n1C1CCC1. The zero-order valence-electron chi connectivity index (χ0n) is 13.1. The number of fused-ring (bicyclic) bond motifs is 1. The van der Waals surface area contributed by atoms with Gasteiger partial charge in [-0.2, -0.15) is 0 Å². The van der Waals surface area contributed by atoms with Crippen LogP contribution in [0.3, 0.4) is 0 Å². The van der Waals surface area contributed by atoms with Crippen molar-refractivity contribution >= 4 is 38.8 Å². The maximum Gasteiger partial charge on any atom is 0.229 e. The standard InChI is InChI=1S/C16H19BrFN3O2/c1-16(2,23)8-12(22)20-15-19-11-7-6-10(18)13(17)14(11)21(15)9-4-3-5-9/h6-7,9,23H,3-5,8H2,1-2H3,(H,19,20,22). The van der Waals surface area contributed by atoms with Gasteiger partial charge in [-0.1, -0.05) is 0 Å².